The predicted octanol–water partition coefficient (Wildman–Crippen LogP) is 3.42. The van der Waals surface area contributed by atoms with E-state index >= 15 is 0 Å². The van der Waals surface area contributed by atoms with E-state index in [1.165, 1.54) is 5.69 Å². The Kier molecular flexibility index (Phi) is 10.8. The van der Waals surface area contributed by atoms with Gasteiger partial charge in [0.1, 0.15) is 0 Å². The standard InChI is InChI=1S/C15H12O2.C7H10N2.Eu/c16-14(12-7-3-1-4-8-12)11-15(17)13-9-5-2-6-10-13;1-9(2)7-3-5-8-6-4-7;/h1-11,16H;3-6H,1-2H3;/p-1/b14-11-;;. The van der Waals surface area contributed by atoms with Gasteiger partial charge in [-0.05, 0) is 23.8 Å². The fourth-order valence-electron chi connectivity index (χ4n) is 2.13. The molecule has 1 heterocycles. The Morgan fingerprint density at radius 2 is 1.33 bits per heavy atom. The molecule has 0 atom stereocenters. The third-order valence-corrected chi connectivity index (χ3v) is 3.56. The van der Waals surface area contributed by atoms with E-state index in [1.807, 2.05) is 43.3 Å². The molecule has 2 aromatic carbocycles. The summed E-state index contributed by atoms with van der Waals surface area (Å²) in [5.74, 6) is -0.529. The maximum Gasteiger partial charge on any atom is 0.185 e. The second-order valence-electron chi connectivity index (χ2n) is 5.70. The van der Waals surface area contributed by atoms with Crippen molar-refractivity contribution in [3.05, 3.63) is 102 Å². The summed E-state index contributed by atoms with van der Waals surface area (Å²) >= 11 is 0. The van der Waals surface area contributed by atoms with Crippen LogP contribution in [0.3, 0.4) is 0 Å². The summed E-state index contributed by atoms with van der Waals surface area (Å²) in [5.41, 5.74) is 2.23. The average molecular weight is 497 g/mol. The molecule has 0 unspecified atom stereocenters. The molecule has 0 fully saturated rings. The first-order valence-electron chi connectivity index (χ1n) is 8.19. The number of benzene rings is 2. The Labute approximate surface area is 201 Å². The van der Waals surface area contributed by atoms with E-state index in [9.17, 15) is 9.90 Å². The van der Waals surface area contributed by atoms with Gasteiger partial charge in [-0.2, -0.15) is 0 Å². The minimum atomic E-state index is -0.264. The van der Waals surface area contributed by atoms with Crippen LogP contribution in [0.4, 0.5) is 5.69 Å². The number of aromatic nitrogens is 1. The van der Waals surface area contributed by atoms with Crippen LogP contribution in [-0.4, -0.2) is 24.9 Å². The first-order chi connectivity index (χ1) is 12.6. The van der Waals surface area contributed by atoms with Crippen molar-refractivity contribution in [2.45, 2.75) is 0 Å². The molecule has 0 aliphatic rings. The number of carbonyl (C=O) groups is 1. The largest absolute Gasteiger partial charge is 0.872 e. The number of hydrogen-bond donors (Lipinski definition) is 0. The van der Waals surface area contributed by atoms with Gasteiger partial charge in [0.15, 0.2) is 5.78 Å². The molecule has 1 aromatic heterocycles. The Balaban J connectivity index is 0.000000310. The molecule has 3 aromatic rings. The van der Waals surface area contributed by atoms with Gasteiger partial charge < -0.3 is 10.0 Å². The number of ketones is 1. The van der Waals surface area contributed by atoms with Gasteiger partial charge in [-0.3, -0.25) is 9.78 Å². The van der Waals surface area contributed by atoms with Crippen molar-refractivity contribution in [2.24, 2.45) is 0 Å². The molecule has 0 aliphatic heterocycles. The molecule has 1 radical (unpaired) electrons. The van der Waals surface area contributed by atoms with Gasteiger partial charge in [-0.1, -0.05) is 66.4 Å². The Bertz CT molecular complexity index is 836. The zero-order valence-electron chi connectivity index (χ0n) is 15.2. The van der Waals surface area contributed by atoms with Crippen LogP contribution in [0.1, 0.15) is 15.9 Å². The average Bonchev–Trinajstić information content (AvgIpc) is 2.70. The molecule has 0 saturated carbocycles. The Morgan fingerprint density at radius 3 is 1.78 bits per heavy atom. The van der Waals surface area contributed by atoms with E-state index in [4.69, 9.17) is 0 Å². The molecule has 0 spiro atoms. The topological polar surface area (TPSA) is 56.3 Å². The van der Waals surface area contributed by atoms with Crippen LogP contribution >= 0.6 is 0 Å². The SMILES string of the molecule is CN(C)c1ccncc1.O=C(/C=C(\[O-])c1ccccc1)c1ccccc1.[Eu]. The number of anilines is 1. The normalized spacial score (nSPS) is 10.1. The number of carbonyl (C=O) groups excluding carboxylic acids is 1. The number of rotatable bonds is 4. The summed E-state index contributed by atoms with van der Waals surface area (Å²) in [6.45, 7) is 0. The van der Waals surface area contributed by atoms with Crippen molar-refractivity contribution in [3.63, 3.8) is 0 Å². The third kappa shape index (κ3) is 8.16. The maximum absolute atomic E-state index is 11.8. The van der Waals surface area contributed by atoms with Gasteiger partial charge in [0, 0.05) is 87.1 Å². The van der Waals surface area contributed by atoms with E-state index < -0.39 is 0 Å². The second kappa shape index (κ2) is 12.5. The van der Waals surface area contributed by atoms with Crippen LogP contribution in [0.5, 0.6) is 0 Å². The summed E-state index contributed by atoms with van der Waals surface area (Å²) in [7, 11) is 4.02. The molecule has 5 heteroatoms. The molecule has 4 nitrogen and oxygen atoms in total. The number of nitrogens with zero attached hydrogens (tertiary/aromatic N) is 2. The van der Waals surface area contributed by atoms with Crippen LogP contribution in [0.25, 0.3) is 5.76 Å². The van der Waals surface area contributed by atoms with Gasteiger partial charge in [-0.25, -0.2) is 0 Å². The molecular formula is C22H21EuN2O2-. The van der Waals surface area contributed by atoms with Crippen molar-refractivity contribution in [1.82, 2.24) is 4.98 Å². The minimum absolute atomic E-state index is 0. The van der Waals surface area contributed by atoms with Crippen molar-refractivity contribution < 1.29 is 59.3 Å². The summed E-state index contributed by atoms with van der Waals surface area (Å²) in [6, 6.07) is 21.5. The monoisotopic (exact) mass is 498 g/mol. The zero-order chi connectivity index (χ0) is 18.8. The van der Waals surface area contributed by atoms with Gasteiger partial charge in [0.25, 0.3) is 0 Å². The first-order valence-corrected chi connectivity index (χ1v) is 8.19. The second-order valence-corrected chi connectivity index (χ2v) is 5.70. The molecule has 0 saturated heterocycles. The molecule has 0 N–H and O–H groups in total. The Hall–Kier alpha value is -1.82. The van der Waals surface area contributed by atoms with Crippen molar-refractivity contribution >= 4 is 17.2 Å². The Morgan fingerprint density at radius 1 is 0.852 bits per heavy atom. The number of allylic oxidation sites excluding steroid dienone is 1. The first kappa shape index (κ1) is 23.2. The van der Waals surface area contributed by atoms with Crippen molar-refractivity contribution in [3.8, 4) is 0 Å². The molecule has 0 bridgehead atoms. The molecule has 0 amide bonds. The number of pyridine rings is 1. The van der Waals surface area contributed by atoms with E-state index in [2.05, 4.69) is 4.98 Å². The van der Waals surface area contributed by atoms with Gasteiger partial charge in [-0.15, -0.1) is 0 Å². The van der Waals surface area contributed by atoms with Gasteiger partial charge >= 0.3 is 0 Å². The molecule has 27 heavy (non-hydrogen) atoms. The predicted molar refractivity (Wildman–Crippen MR) is 104 cm³/mol. The van der Waals surface area contributed by atoms with Gasteiger partial charge in [0.05, 0.1) is 0 Å². The number of hydrogen-bond acceptors (Lipinski definition) is 4. The van der Waals surface area contributed by atoms with E-state index in [1.54, 1.807) is 60.9 Å². The summed E-state index contributed by atoms with van der Waals surface area (Å²) in [4.78, 5) is 17.7. The summed E-state index contributed by atoms with van der Waals surface area (Å²) in [5, 5.41) is 11.8. The maximum atomic E-state index is 11.8. The van der Waals surface area contributed by atoms with E-state index in [-0.39, 0.29) is 60.9 Å². The van der Waals surface area contributed by atoms with E-state index in [0.29, 0.717) is 11.1 Å². The molecule has 0 aliphatic carbocycles. The fraction of sp³-hybridized carbons (Fsp3) is 0.0909. The minimum Gasteiger partial charge on any atom is -0.872 e. The quantitative estimate of drug-likeness (QED) is 0.315. The van der Waals surface area contributed by atoms with Crippen molar-refractivity contribution in [1.29, 1.82) is 0 Å². The van der Waals surface area contributed by atoms with Crippen LogP contribution in [0.15, 0.2) is 91.3 Å². The molecule has 139 valence electrons. The van der Waals surface area contributed by atoms with Crippen LogP contribution in [0.2, 0.25) is 0 Å². The van der Waals surface area contributed by atoms with Crippen LogP contribution in [-0.2, 0) is 0 Å². The third-order valence-electron chi connectivity index (χ3n) is 3.56. The molecule has 3 rings (SSSR count). The summed E-state index contributed by atoms with van der Waals surface area (Å²) in [6.07, 6.45) is 4.70. The zero-order valence-corrected chi connectivity index (χ0v) is 17.7. The van der Waals surface area contributed by atoms with Gasteiger partial charge in [0.2, 0.25) is 0 Å². The molecular weight excluding hydrogens is 476 g/mol. The summed E-state index contributed by atoms with van der Waals surface area (Å²) < 4.78 is 0. The van der Waals surface area contributed by atoms with Crippen LogP contribution in [0, 0.1) is 49.4 Å². The van der Waals surface area contributed by atoms with E-state index in [0.717, 1.165) is 6.08 Å². The van der Waals surface area contributed by atoms with Crippen LogP contribution < -0.4 is 10.0 Å². The van der Waals surface area contributed by atoms with Crippen molar-refractivity contribution in [2.75, 3.05) is 19.0 Å². The smallest absolute Gasteiger partial charge is 0.185 e. The fourth-order valence-corrected chi connectivity index (χ4v) is 2.13.